The van der Waals surface area contributed by atoms with E-state index in [2.05, 4.69) is 5.32 Å². The van der Waals surface area contributed by atoms with Crippen LogP contribution in [0.5, 0.6) is 5.75 Å². The zero-order valence-electron chi connectivity index (χ0n) is 22.3. The third-order valence-electron chi connectivity index (χ3n) is 6.01. The SMILES string of the molecule is CCOC(=O)c1ccc(N=C2SC(C(=O)Nc3ccc(OCC)cc3)CC(=O)N2CCc2ccc(Cl)cc2)cc1. The van der Waals surface area contributed by atoms with E-state index in [1.54, 1.807) is 60.4 Å². The highest BCUT2D eigenvalue weighted by Gasteiger charge is 2.35. The Hall–Kier alpha value is -3.82. The quantitative estimate of drug-likeness (QED) is 0.291. The van der Waals surface area contributed by atoms with Gasteiger partial charge in [-0.25, -0.2) is 9.79 Å². The van der Waals surface area contributed by atoms with Crippen molar-refractivity contribution in [1.82, 2.24) is 4.90 Å². The highest BCUT2D eigenvalue weighted by atomic mass is 35.5. The Kier molecular flexibility index (Phi) is 10.2. The molecule has 1 N–H and O–H groups in total. The number of halogens is 1. The minimum absolute atomic E-state index is 0.0367. The number of esters is 1. The molecule has 0 bridgehead atoms. The van der Waals surface area contributed by atoms with E-state index in [4.69, 9.17) is 26.1 Å². The van der Waals surface area contributed by atoms with Crippen molar-refractivity contribution in [3.8, 4) is 5.75 Å². The van der Waals surface area contributed by atoms with Crippen molar-refractivity contribution in [1.29, 1.82) is 0 Å². The van der Waals surface area contributed by atoms with Gasteiger partial charge in [0, 0.05) is 23.7 Å². The predicted molar refractivity (Wildman–Crippen MR) is 159 cm³/mol. The van der Waals surface area contributed by atoms with Crippen molar-refractivity contribution in [2.45, 2.75) is 31.9 Å². The van der Waals surface area contributed by atoms with E-state index in [1.807, 2.05) is 31.2 Å². The molecule has 40 heavy (non-hydrogen) atoms. The van der Waals surface area contributed by atoms with Crippen LogP contribution in [0, 0.1) is 0 Å². The molecule has 1 aliphatic heterocycles. The Morgan fingerprint density at radius 2 is 1.70 bits per heavy atom. The Labute approximate surface area is 242 Å². The van der Waals surface area contributed by atoms with E-state index in [0.717, 1.165) is 5.56 Å². The molecule has 4 rings (SSSR count). The lowest BCUT2D eigenvalue weighted by molar-refractivity contribution is -0.129. The van der Waals surface area contributed by atoms with Gasteiger partial charge in [0.1, 0.15) is 11.0 Å². The number of benzene rings is 3. The lowest BCUT2D eigenvalue weighted by Gasteiger charge is -2.32. The molecule has 3 aromatic carbocycles. The fraction of sp³-hybridized carbons (Fsp3) is 0.267. The molecule has 0 spiro atoms. The first kappa shape index (κ1) is 29.2. The van der Waals surface area contributed by atoms with Crippen LogP contribution in [0.25, 0.3) is 0 Å². The monoisotopic (exact) mass is 579 g/mol. The van der Waals surface area contributed by atoms with Crippen molar-refractivity contribution in [2.24, 2.45) is 4.99 Å². The van der Waals surface area contributed by atoms with E-state index < -0.39 is 11.2 Å². The number of hydrogen-bond acceptors (Lipinski definition) is 7. The summed E-state index contributed by atoms with van der Waals surface area (Å²) in [4.78, 5) is 44.8. The van der Waals surface area contributed by atoms with Crippen LogP contribution in [-0.2, 0) is 20.7 Å². The summed E-state index contributed by atoms with van der Waals surface area (Å²) in [6.45, 7) is 4.87. The number of rotatable bonds is 10. The Morgan fingerprint density at radius 1 is 1.00 bits per heavy atom. The summed E-state index contributed by atoms with van der Waals surface area (Å²) in [5, 5.41) is 3.29. The Morgan fingerprint density at radius 3 is 2.35 bits per heavy atom. The molecule has 0 radical (unpaired) electrons. The van der Waals surface area contributed by atoms with Crippen LogP contribution in [0.15, 0.2) is 77.8 Å². The van der Waals surface area contributed by atoms with Crippen molar-refractivity contribution >= 4 is 57.7 Å². The number of thioether (sulfide) groups is 1. The third-order valence-corrected chi connectivity index (χ3v) is 7.45. The number of amidine groups is 1. The largest absolute Gasteiger partial charge is 0.494 e. The highest BCUT2D eigenvalue weighted by Crippen LogP contribution is 2.30. The number of ether oxygens (including phenoxy) is 2. The molecule has 1 heterocycles. The van der Waals surface area contributed by atoms with Crippen LogP contribution >= 0.6 is 23.4 Å². The van der Waals surface area contributed by atoms with E-state index in [9.17, 15) is 14.4 Å². The van der Waals surface area contributed by atoms with Gasteiger partial charge in [-0.1, -0.05) is 35.5 Å². The maximum atomic E-state index is 13.3. The Balaban J connectivity index is 1.53. The number of anilines is 1. The molecule has 1 saturated heterocycles. The van der Waals surface area contributed by atoms with Gasteiger partial charge in [-0.05, 0) is 86.5 Å². The molecular weight excluding hydrogens is 550 g/mol. The smallest absolute Gasteiger partial charge is 0.338 e. The third kappa shape index (κ3) is 7.86. The molecule has 0 aliphatic carbocycles. The van der Waals surface area contributed by atoms with Gasteiger partial charge in [-0.3, -0.25) is 14.5 Å². The lowest BCUT2D eigenvalue weighted by atomic mass is 10.1. The van der Waals surface area contributed by atoms with Gasteiger partial charge < -0.3 is 14.8 Å². The van der Waals surface area contributed by atoms with E-state index >= 15 is 0 Å². The lowest BCUT2D eigenvalue weighted by Crippen LogP contribution is -2.46. The number of nitrogens with one attached hydrogen (secondary N) is 1. The summed E-state index contributed by atoms with van der Waals surface area (Å²) in [6.07, 6.45) is 0.627. The van der Waals surface area contributed by atoms with Crippen LogP contribution in [0.3, 0.4) is 0 Å². The van der Waals surface area contributed by atoms with Crippen molar-refractivity contribution in [3.05, 3.63) is 88.9 Å². The molecule has 1 atom stereocenters. The molecular formula is C30H30ClN3O5S. The second-order valence-electron chi connectivity index (χ2n) is 8.84. The average Bonchev–Trinajstić information content (AvgIpc) is 2.95. The first-order valence-corrected chi connectivity index (χ1v) is 14.2. The number of aliphatic imine (C=N–C) groups is 1. The standard InChI is InChI=1S/C30H30ClN3O5S/c1-3-38-25-15-13-23(14-16-25)32-28(36)26-19-27(35)34(18-17-20-5-9-22(31)10-6-20)30(40-26)33-24-11-7-21(8-12-24)29(37)39-4-2/h5-16,26H,3-4,17-19H2,1-2H3,(H,32,36). The fourth-order valence-electron chi connectivity index (χ4n) is 3.97. The summed E-state index contributed by atoms with van der Waals surface area (Å²) in [7, 11) is 0. The van der Waals surface area contributed by atoms with Crippen LogP contribution in [0.4, 0.5) is 11.4 Å². The van der Waals surface area contributed by atoms with Gasteiger partial charge in [0.15, 0.2) is 5.17 Å². The molecule has 10 heteroatoms. The topological polar surface area (TPSA) is 97.3 Å². The number of nitrogens with zero attached hydrogens (tertiary/aromatic N) is 2. The molecule has 1 fully saturated rings. The van der Waals surface area contributed by atoms with Crippen molar-refractivity contribution < 1.29 is 23.9 Å². The number of hydrogen-bond donors (Lipinski definition) is 1. The maximum absolute atomic E-state index is 13.3. The van der Waals surface area contributed by atoms with Gasteiger partial charge in [-0.15, -0.1) is 0 Å². The number of carbonyl (C=O) groups excluding carboxylic acids is 3. The molecule has 3 aromatic rings. The van der Waals surface area contributed by atoms with Gasteiger partial charge >= 0.3 is 5.97 Å². The van der Waals surface area contributed by atoms with Crippen LogP contribution in [0.1, 0.15) is 36.2 Å². The van der Waals surface area contributed by atoms with Crippen LogP contribution in [0.2, 0.25) is 5.02 Å². The maximum Gasteiger partial charge on any atom is 0.338 e. The zero-order chi connectivity index (χ0) is 28.5. The summed E-state index contributed by atoms with van der Waals surface area (Å²) in [5.41, 5.74) is 2.59. The molecule has 0 aromatic heterocycles. The average molecular weight is 580 g/mol. The molecule has 0 saturated carbocycles. The summed E-state index contributed by atoms with van der Waals surface area (Å²) in [5.74, 6) is -0.186. The summed E-state index contributed by atoms with van der Waals surface area (Å²) >= 11 is 7.25. The normalized spacial score (nSPS) is 16.1. The van der Waals surface area contributed by atoms with Crippen LogP contribution in [-0.4, -0.2) is 52.9 Å². The number of carbonyl (C=O) groups is 3. The minimum Gasteiger partial charge on any atom is -0.494 e. The Bertz CT molecular complexity index is 1360. The minimum atomic E-state index is -0.664. The first-order valence-electron chi connectivity index (χ1n) is 13.0. The van der Waals surface area contributed by atoms with Gasteiger partial charge in [0.2, 0.25) is 11.8 Å². The van der Waals surface area contributed by atoms with Gasteiger partial charge in [-0.2, -0.15) is 0 Å². The molecule has 1 unspecified atom stereocenters. The van der Waals surface area contributed by atoms with E-state index in [-0.39, 0.29) is 24.8 Å². The predicted octanol–water partition coefficient (Wildman–Crippen LogP) is 6.12. The van der Waals surface area contributed by atoms with E-state index in [0.29, 0.717) is 52.5 Å². The molecule has 208 valence electrons. The van der Waals surface area contributed by atoms with E-state index in [1.165, 1.54) is 11.8 Å². The second-order valence-corrected chi connectivity index (χ2v) is 10.4. The summed E-state index contributed by atoms with van der Waals surface area (Å²) in [6, 6.07) is 21.2. The van der Waals surface area contributed by atoms with Gasteiger partial charge in [0.05, 0.1) is 24.5 Å². The second kappa shape index (κ2) is 14.0. The zero-order valence-corrected chi connectivity index (χ0v) is 23.8. The fourth-order valence-corrected chi connectivity index (χ4v) is 5.22. The summed E-state index contributed by atoms with van der Waals surface area (Å²) < 4.78 is 10.5. The first-order chi connectivity index (χ1) is 19.4. The van der Waals surface area contributed by atoms with Gasteiger partial charge in [0.25, 0.3) is 0 Å². The molecule has 1 aliphatic rings. The van der Waals surface area contributed by atoms with Crippen molar-refractivity contribution in [3.63, 3.8) is 0 Å². The highest BCUT2D eigenvalue weighted by molar-refractivity contribution is 8.15. The van der Waals surface area contributed by atoms with Crippen molar-refractivity contribution in [2.75, 3.05) is 25.1 Å². The molecule has 8 nitrogen and oxygen atoms in total. The van der Waals surface area contributed by atoms with Crippen LogP contribution < -0.4 is 10.1 Å². The molecule has 2 amide bonds. The number of amides is 2.